The van der Waals surface area contributed by atoms with Gasteiger partial charge in [0.05, 0.1) is 0 Å². The van der Waals surface area contributed by atoms with Crippen LogP contribution >= 0.6 is 0 Å². The fraction of sp³-hybridized carbons (Fsp3) is 0.0943. The van der Waals surface area contributed by atoms with Gasteiger partial charge in [-0.3, -0.25) is 0 Å². The van der Waals surface area contributed by atoms with Crippen LogP contribution in [0.15, 0.2) is 186 Å². The first-order chi connectivity index (χ1) is 26.9. The van der Waals surface area contributed by atoms with E-state index in [1.54, 1.807) is 0 Å². The predicted octanol–water partition coefficient (Wildman–Crippen LogP) is 14.4. The Morgan fingerprint density at radius 2 is 0.927 bits per heavy atom. The van der Waals surface area contributed by atoms with E-state index >= 15 is 0 Å². The molecule has 11 rings (SSSR count). The third-order valence-corrected chi connectivity index (χ3v) is 12.6. The summed E-state index contributed by atoms with van der Waals surface area (Å²) in [6, 6.07) is 66.4. The van der Waals surface area contributed by atoms with Gasteiger partial charge in [-0.1, -0.05) is 153 Å². The SMILES string of the molecule is CC1(C)c2ccccc2-c2ccc(N(c3ccccc3)c3ccc(-c4ccc(C5(C)c6ccccc6-c6ccccc65)c5oc6ccccc6c45)cc3)cc21. The number of fused-ring (bicyclic) bond motifs is 9. The minimum absolute atomic E-state index is 0.0845. The number of anilines is 3. The molecule has 1 aromatic heterocycles. The van der Waals surface area contributed by atoms with Crippen LogP contribution < -0.4 is 4.90 Å². The van der Waals surface area contributed by atoms with Crippen molar-refractivity contribution < 1.29 is 4.42 Å². The Kier molecular flexibility index (Phi) is 6.76. The van der Waals surface area contributed by atoms with E-state index in [9.17, 15) is 0 Å². The molecule has 0 atom stereocenters. The monoisotopic (exact) mass is 705 g/mol. The van der Waals surface area contributed by atoms with Crippen LogP contribution in [0.1, 0.15) is 48.6 Å². The Bertz CT molecular complexity index is 2920. The quantitative estimate of drug-likeness (QED) is 0.177. The van der Waals surface area contributed by atoms with E-state index in [0.29, 0.717) is 0 Å². The molecule has 262 valence electrons. The zero-order chi connectivity index (χ0) is 36.9. The summed E-state index contributed by atoms with van der Waals surface area (Å²) in [6.45, 7) is 7.06. The van der Waals surface area contributed by atoms with Crippen molar-refractivity contribution in [2.75, 3.05) is 4.90 Å². The molecule has 0 fully saturated rings. The molecular weight excluding hydrogens is 667 g/mol. The summed E-state index contributed by atoms with van der Waals surface area (Å²) < 4.78 is 6.90. The number of para-hydroxylation sites is 2. The number of nitrogens with zero attached hydrogens (tertiary/aromatic N) is 1. The fourth-order valence-corrected chi connectivity index (χ4v) is 9.85. The van der Waals surface area contributed by atoms with Gasteiger partial charge >= 0.3 is 0 Å². The van der Waals surface area contributed by atoms with E-state index in [2.05, 4.69) is 208 Å². The van der Waals surface area contributed by atoms with Crippen LogP contribution in [0.4, 0.5) is 17.1 Å². The first-order valence-corrected chi connectivity index (χ1v) is 19.3. The zero-order valence-corrected chi connectivity index (χ0v) is 31.2. The maximum absolute atomic E-state index is 6.90. The molecule has 0 amide bonds. The molecule has 0 saturated carbocycles. The van der Waals surface area contributed by atoms with Crippen LogP contribution in [0, 0.1) is 0 Å². The van der Waals surface area contributed by atoms with Crippen LogP contribution in [-0.4, -0.2) is 0 Å². The van der Waals surface area contributed by atoms with Gasteiger partial charge in [0.15, 0.2) is 0 Å². The highest BCUT2D eigenvalue weighted by atomic mass is 16.3. The molecule has 0 bridgehead atoms. The lowest BCUT2D eigenvalue weighted by atomic mass is 9.73. The van der Waals surface area contributed by atoms with Gasteiger partial charge in [0.1, 0.15) is 11.2 Å². The highest BCUT2D eigenvalue weighted by Crippen LogP contribution is 2.55. The van der Waals surface area contributed by atoms with Crippen molar-refractivity contribution in [3.05, 3.63) is 210 Å². The van der Waals surface area contributed by atoms with Crippen LogP contribution in [0.2, 0.25) is 0 Å². The highest BCUT2D eigenvalue weighted by Gasteiger charge is 2.42. The molecule has 2 heteroatoms. The minimum atomic E-state index is -0.371. The molecular formula is C53H39NO. The smallest absolute Gasteiger partial charge is 0.140 e. The number of benzene rings is 8. The largest absolute Gasteiger partial charge is 0.456 e. The molecule has 0 unspecified atom stereocenters. The summed E-state index contributed by atoms with van der Waals surface area (Å²) in [5.41, 5.74) is 18.9. The Morgan fingerprint density at radius 3 is 1.64 bits per heavy atom. The molecule has 55 heavy (non-hydrogen) atoms. The third-order valence-electron chi connectivity index (χ3n) is 12.6. The molecule has 9 aromatic rings. The zero-order valence-electron chi connectivity index (χ0n) is 31.2. The Hall–Kier alpha value is -6.64. The van der Waals surface area contributed by atoms with Crippen molar-refractivity contribution in [2.24, 2.45) is 0 Å². The van der Waals surface area contributed by atoms with Crippen LogP contribution in [0.5, 0.6) is 0 Å². The second-order valence-electron chi connectivity index (χ2n) is 15.8. The lowest BCUT2D eigenvalue weighted by Gasteiger charge is -2.29. The van der Waals surface area contributed by atoms with Crippen molar-refractivity contribution in [1.82, 2.24) is 0 Å². The van der Waals surface area contributed by atoms with Gasteiger partial charge in [-0.2, -0.15) is 0 Å². The second kappa shape index (κ2) is 11.7. The Labute approximate surface area is 322 Å². The van der Waals surface area contributed by atoms with Gasteiger partial charge in [0.25, 0.3) is 0 Å². The van der Waals surface area contributed by atoms with Crippen LogP contribution in [-0.2, 0) is 10.8 Å². The summed E-state index contributed by atoms with van der Waals surface area (Å²) in [5, 5.41) is 2.29. The molecule has 0 N–H and O–H groups in total. The van der Waals surface area contributed by atoms with Gasteiger partial charge in [-0.15, -0.1) is 0 Å². The van der Waals surface area contributed by atoms with E-state index in [-0.39, 0.29) is 10.8 Å². The van der Waals surface area contributed by atoms with Crippen molar-refractivity contribution in [2.45, 2.75) is 31.6 Å². The molecule has 2 aliphatic rings. The van der Waals surface area contributed by atoms with Crippen molar-refractivity contribution in [3.8, 4) is 33.4 Å². The molecule has 0 aliphatic heterocycles. The van der Waals surface area contributed by atoms with E-state index in [4.69, 9.17) is 4.42 Å². The number of hydrogen-bond donors (Lipinski definition) is 0. The average molecular weight is 706 g/mol. The summed E-state index contributed by atoms with van der Waals surface area (Å²) in [4.78, 5) is 2.38. The maximum Gasteiger partial charge on any atom is 0.140 e. The molecule has 2 nitrogen and oxygen atoms in total. The van der Waals surface area contributed by atoms with Gasteiger partial charge in [0, 0.05) is 44.2 Å². The topological polar surface area (TPSA) is 16.4 Å². The fourth-order valence-electron chi connectivity index (χ4n) is 9.85. The van der Waals surface area contributed by atoms with Crippen LogP contribution in [0.3, 0.4) is 0 Å². The molecule has 0 radical (unpaired) electrons. The minimum Gasteiger partial charge on any atom is -0.456 e. The number of hydrogen-bond acceptors (Lipinski definition) is 2. The molecule has 2 aliphatic carbocycles. The molecule has 0 spiro atoms. The predicted molar refractivity (Wildman–Crippen MR) is 229 cm³/mol. The van der Waals surface area contributed by atoms with E-state index in [1.807, 2.05) is 0 Å². The first kappa shape index (κ1) is 31.8. The van der Waals surface area contributed by atoms with Crippen molar-refractivity contribution >= 4 is 39.0 Å². The highest BCUT2D eigenvalue weighted by molar-refractivity contribution is 6.14. The summed E-state index contributed by atoms with van der Waals surface area (Å²) in [5.74, 6) is 0. The molecule has 8 aromatic carbocycles. The lowest BCUT2D eigenvalue weighted by molar-refractivity contribution is 0.638. The molecule has 1 heterocycles. The Morgan fingerprint density at radius 1 is 0.400 bits per heavy atom. The molecule has 0 saturated heterocycles. The van der Waals surface area contributed by atoms with E-state index in [0.717, 1.165) is 44.6 Å². The van der Waals surface area contributed by atoms with Gasteiger partial charge in [0.2, 0.25) is 0 Å². The van der Waals surface area contributed by atoms with Gasteiger partial charge in [-0.05, 0) is 105 Å². The lowest BCUT2D eigenvalue weighted by Crippen LogP contribution is -2.22. The normalized spacial score (nSPS) is 14.4. The maximum atomic E-state index is 6.90. The van der Waals surface area contributed by atoms with Gasteiger partial charge < -0.3 is 9.32 Å². The van der Waals surface area contributed by atoms with Gasteiger partial charge in [-0.25, -0.2) is 0 Å². The average Bonchev–Trinajstić information content (AvgIpc) is 3.83. The first-order valence-electron chi connectivity index (χ1n) is 19.3. The third kappa shape index (κ3) is 4.49. The van der Waals surface area contributed by atoms with Crippen molar-refractivity contribution in [3.63, 3.8) is 0 Å². The Balaban J connectivity index is 1.06. The van der Waals surface area contributed by atoms with E-state index in [1.165, 1.54) is 55.6 Å². The summed E-state index contributed by atoms with van der Waals surface area (Å²) in [7, 11) is 0. The van der Waals surface area contributed by atoms with E-state index < -0.39 is 0 Å². The van der Waals surface area contributed by atoms with Crippen molar-refractivity contribution in [1.29, 1.82) is 0 Å². The summed E-state index contributed by atoms with van der Waals surface area (Å²) in [6.07, 6.45) is 0. The standard InChI is InChI=1S/C53H39NO/c1-52(2)44-21-11-7-17-39(44)42-30-29-37(33-48(42)52)54(35-15-5-4-6-16-35)36-27-25-34(26-28-36)38-31-32-47(51-50(38)43-20-10-14-24-49(43)55-51)53(3)45-22-12-8-18-40(45)41-19-9-13-23-46(41)53/h4-33H,1-3H3. The second-order valence-corrected chi connectivity index (χ2v) is 15.8. The number of rotatable bonds is 5. The summed E-state index contributed by atoms with van der Waals surface area (Å²) >= 11 is 0. The number of furan rings is 1. The van der Waals surface area contributed by atoms with Crippen LogP contribution in [0.25, 0.3) is 55.3 Å².